The van der Waals surface area contributed by atoms with Gasteiger partial charge in [0.25, 0.3) is 5.91 Å². The van der Waals surface area contributed by atoms with E-state index >= 15 is 0 Å². The average molecular weight is 276 g/mol. The number of pyridine rings is 1. The van der Waals surface area contributed by atoms with Crippen LogP contribution in [0.25, 0.3) is 0 Å². The van der Waals surface area contributed by atoms with Crippen molar-refractivity contribution in [1.29, 1.82) is 0 Å². The van der Waals surface area contributed by atoms with Crippen molar-refractivity contribution in [1.82, 2.24) is 4.98 Å². The molecule has 0 aliphatic rings. The molecular weight excluding hydrogens is 262 g/mol. The lowest BCUT2D eigenvalue weighted by Gasteiger charge is -2.09. The van der Waals surface area contributed by atoms with Gasteiger partial charge < -0.3 is 10.6 Å². The Balaban J connectivity index is 2.28. The number of nitrogens with zero attached hydrogens (tertiary/aromatic N) is 1. The number of rotatable bonds is 3. The van der Waals surface area contributed by atoms with E-state index in [1.54, 1.807) is 19.2 Å². The molecule has 0 atom stereocenters. The second kappa shape index (κ2) is 5.71. The Hall–Kier alpha value is -2.07. The van der Waals surface area contributed by atoms with E-state index in [1.165, 1.54) is 0 Å². The van der Waals surface area contributed by atoms with Gasteiger partial charge in [-0.25, -0.2) is 4.98 Å². The molecule has 2 N–H and O–H groups in total. The van der Waals surface area contributed by atoms with Crippen LogP contribution < -0.4 is 10.6 Å². The lowest BCUT2D eigenvalue weighted by atomic mass is 10.2. The smallest absolute Gasteiger partial charge is 0.275 e. The Labute approximate surface area is 116 Å². The van der Waals surface area contributed by atoms with E-state index in [9.17, 15) is 4.79 Å². The first-order valence-corrected chi connectivity index (χ1v) is 6.21. The van der Waals surface area contributed by atoms with Crippen LogP contribution in [-0.2, 0) is 0 Å². The van der Waals surface area contributed by atoms with Crippen molar-refractivity contribution in [2.75, 3.05) is 17.7 Å². The summed E-state index contributed by atoms with van der Waals surface area (Å²) < 4.78 is 0. The summed E-state index contributed by atoms with van der Waals surface area (Å²) in [5, 5.41) is 6.00. The number of carbonyl (C=O) groups excluding carboxylic acids is 1. The predicted octanol–water partition coefficient (Wildman–Crippen LogP) is 3.34. The number of nitrogens with one attached hydrogen (secondary N) is 2. The molecule has 0 aliphatic heterocycles. The molecular formula is C14H14ClN3O. The zero-order chi connectivity index (χ0) is 13.8. The summed E-state index contributed by atoms with van der Waals surface area (Å²) in [6.07, 6.45) is 0. The van der Waals surface area contributed by atoms with Gasteiger partial charge in [-0.1, -0.05) is 29.8 Å². The van der Waals surface area contributed by atoms with Crippen molar-refractivity contribution in [3.05, 3.63) is 52.7 Å². The van der Waals surface area contributed by atoms with Gasteiger partial charge in [-0.15, -0.1) is 0 Å². The van der Waals surface area contributed by atoms with E-state index in [0.29, 0.717) is 10.8 Å². The number of aromatic nitrogens is 1. The topological polar surface area (TPSA) is 54.0 Å². The summed E-state index contributed by atoms with van der Waals surface area (Å²) >= 11 is 6.00. The molecule has 0 fully saturated rings. The number of amides is 1. The van der Waals surface area contributed by atoms with Crippen molar-refractivity contribution >= 4 is 29.0 Å². The summed E-state index contributed by atoms with van der Waals surface area (Å²) in [7, 11) is 1.74. The second-order valence-electron chi connectivity index (χ2n) is 4.05. The van der Waals surface area contributed by atoms with Gasteiger partial charge in [0.2, 0.25) is 0 Å². The molecule has 1 aromatic carbocycles. The maximum absolute atomic E-state index is 12.2. The third-order valence-corrected chi connectivity index (χ3v) is 3.02. The number of para-hydroxylation sites is 1. The first-order valence-electron chi connectivity index (χ1n) is 5.83. The van der Waals surface area contributed by atoms with Gasteiger partial charge in [0.1, 0.15) is 11.5 Å². The van der Waals surface area contributed by atoms with Gasteiger partial charge in [0.15, 0.2) is 0 Å². The van der Waals surface area contributed by atoms with Crippen LogP contribution in [0.1, 0.15) is 16.1 Å². The summed E-state index contributed by atoms with van der Waals surface area (Å²) in [6, 6.07) is 10.9. The van der Waals surface area contributed by atoms with Crippen molar-refractivity contribution in [3.8, 4) is 0 Å². The zero-order valence-electron chi connectivity index (χ0n) is 10.7. The van der Waals surface area contributed by atoms with Crippen LogP contribution in [0, 0.1) is 6.92 Å². The third kappa shape index (κ3) is 3.03. The quantitative estimate of drug-likeness (QED) is 0.903. The molecule has 0 spiro atoms. The number of benzene rings is 1. The number of hydrogen-bond donors (Lipinski definition) is 2. The van der Waals surface area contributed by atoms with Crippen LogP contribution in [0.2, 0.25) is 5.02 Å². The minimum absolute atomic E-state index is 0.205. The second-order valence-corrected chi connectivity index (χ2v) is 4.45. The van der Waals surface area contributed by atoms with Crippen LogP contribution in [0.15, 0.2) is 36.4 Å². The Morgan fingerprint density at radius 3 is 2.63 bits per heavy atom. The minimum atomic E-state index is -0.323. The predicted molar refractivity (Wildman–Crippen MR) is 77.9 cm³/mol. The Morgan fingerprint density at radius 2 is 1.95 bits per heavy atom. The number of carbonyl (C=O) groups is 1. The molecule has 2 aromatic rings. The molecule has 0 saturated carbocycles. The standard InChI is InChI=1S/C14H14ClN3O/c1-9-5-3-4-6-11(9)17-14(19)13-10(15)7-8-12(16-2)18-13/h3-8H,1-2H3,(H,16,18)(H,17,19). The largest absolute Gasteiger partial charge is 0.373 e. The van der Waals surface area contributed by atoms with Crippen LogP contribution in [0.4, 0.5) is 11.5 Å². The van der Waals surface area contributed by atoms with Gasteiger partial charge in [-0.05, 0) is 30.7 Å². The molecule has 1 amide bonds. The highest BCUT2D eigenvalue weighted by atomic mass is 35.5. The Morgan fingerprint density at radius 1 is 1.21 bits per heavy atom. The van der Waals surface area contributed by atoms with Gasteiger partial charge in [0, 0.05) is 12.7 Å². The summed E-state index contributed by atoms with van der Waals surface area (Å²) in [4.78, 5) is 16.3. The van der Waals surface area contributed by atoms with E-state index < -0.39 is 0 Å². The van der Waals surface area contributed by atoms with E-state index in [-0.39, 0.29) is 11.6 Å². The Bertz CT molecular complexity index is 613. The molecule has 2 rings (SSSR count). The van der Waals surface area contributed by atoms with Crippen molar-refractivity contribution in [2.24, 2.45) is 0 Å². The van der Waals surface area contributed by atoms with Crippen LogP contribution in [0.3, 0.4) is 0 Å². The van der Waals surface area contributed by atoms with Gasteiger partial charge in [-0.2, -0.15) is 0 Å². The molecule has 1 heterocycles. The molecule has 0 aliphatic carbocycles. The van der Waals surface area contributed by atoms with Crippen LogP contribution in [-0.4, -0.2) is 17.9 Å². The molecule has 19 heavy (non-hydrogen) atoms. The minimum Gasteiger partial charge on any atom is -0.373 e. The van der Waals surface area contributed by atoms with Gasteiger partial charge in [-0.3, -0.25) is 4.79 Å². The van der Waals surface area contributed by atoms with E-state index in [1.807, 2.05) is 31.2 Å². The molecule has 0 bridgehead atoms. The molecule has 0 saturated heterocycles. The number of hydrogen-bond acceptors (Lipinski definition) is 3. The molecule has 1 aromatic heterocycles. The number of aryl methyl sites for hydroxylation is 1. The SMILES string of the molecule is CNc1ccc(Cl)c(C(=O)Nc2ccccc2C)n1. The van der Waals surface area contributed by atoms with Gasteiger partial charge >= 0.3 is 0 Å². The van der Waals surface area contributed by atoms with E-state index in [2.05, 4.69) is 15.6 Å². The monoisotopic (exact) mass is 275 g/mol. The van der Waals surface area contributed by atoms with Crippen LogP contribution in [0.5, 0.6) is 0 Å². The van der Waals surface area contributed by atoms with Crippen molar-refractivity contribution < 1.29 is 4.79 Å². The number of halogens is 1. The fourth-order valence-corrected chi connectivity index (χ4v) is 1.83. The fraction of sp³-hybridized carbons (Fsp3) is 0.143. The first kappa shape index (κ1) is 13.4. The Kier molecular flexibility index (Phi) is 4.02. The number of anilines is 2. The highest BCUT2D eigenvalue weighted by Gasteiger charge is 2.13. The highest BCUT2D eigenvalue weighted by Crippen LogP contribution is 2.19. The highest BCUT2D eigenvalue weighted by molar-refractivity contribution is 6.34. The lowest BCUT2D eigenvalue weighted by molar-refractivity contribution is 0.102. The average Bonchev–Trinajstić information content (AvgIpc) is 2.42. The maximum Gasteiger partial charge on any atom is 0.275 e. The van der Waals surface area contributed by atoms with E-state index in [4.69, 9.17) is 11.6 Å². The summed E-state index contributed by atoms with van der Waals surface area (Å²) in [5.41, 5.74) is 1.94. The third-order valence-electron chi connectivity index (χ3n) is 2.71. The van der Waals surface area contributed by atoms with E-state index in [0.717, 1.165) is 11.3 Å². The molecule has 0 radical (unpaired) electrons. The molecule has 98 valence electrons. The molecule has 5 heteroatoms. The van der Waals surface area contributed by atoms with Gasteiger partial charge in [0.05, 0.1) is 5.02 Å². The molecule has 0 unspecified atom stereocenters. The molecule has 4 nitrogen and oxygen atoms in total. The van der Waals surface area contributed by atoms with Crippen LogP contribution >= 0.6 is 11.6 Å². The normalized spacial score (nSPS) is 10.1. The summed E-state index contributed by atoms with van der Waals surface area (Å²) in [5.74, 6) is 0.274. The van der Waals surface area contributed by atoms with Crippen molar-refractivity contribution in [2.45, 2.75) is 6.92 Å². The summed E-state index contributed by atoms with van der Waals surface area (Å²) in [6.45, 7) is 1.93. The lowest BCUT2D eigenvalue weighted by Crippen LogP contribution is -2.15. The van der Waals surface area contributed by atoms with Crippen molar-refractivity contribution in [3.63, 3.8) is 0 Å². The zero-order valence-corrected chi connectivity index (χ0v) is 11.5. The maximum atomic E-state index is 12.2. The fourth-order valence-electron chi connectivity index (χ4n) is 1.64. The first-order chi connectivity index (χ1) is 9.11.